The van der Waals surface area contributed by atoms with Crippen LogP contribution in [0.15, 0.2) is 59.9 Å². The lowest BCUT2D eigenvalue weighted by Gasteiger charge is -2.51. The van der Waals surface area contributed by atoms with Crippen LogP contribution in [0.5, 0.6) is 0 Å². The van der Waals surface area contributed by atoms with Gasteiger partial charge in [0.25, 0.3) is 5.91 Å². The minimum absolute atomic E-state index is 0.168. The summed E-state index contributed by atoms with van der Waals surface area (Å²) in [6, 6.07) is 11.1. The van der Waals surface area contributed by atoms with Gasteiger partial charge in [-0.05, 0) is 82.7 Å². The fourth-order valence-electron chi connectivity index (χ4n) is 5.55. The number of rotatable bonds is 5. The molecular formula is C29H37N5O4S. The van der Waals surface area contributed by atoms with E-state index < -0.39 is 16.6 Å². The van der Waals surface area contributed by atoms with E-state index in [-0.39, 0.29) is 17.5 Å². The molecule has 0 radical (unpaired) electrons. The molecule has 0 saturated carbocycles. The van der Waals surface area contributed by atoms with E-state index >= 15 is 0 Å². The first-order chi connectivity index (χ1) is 18.6. The van der Waals surface area contributed by atoms with Crippen LogP contribution in [0, 0.1) is 0 Å². The van der Waals surface area contributed by atoms with Crippen LogP contribution in [-0.2, 0) is 22.3 Å². The molecule has 9 nitrogen and oxygen atoms in total. The van der Waals surface area contributed by atoms with Crippen LogP contribution in [0.25, 0.3) is 5.65 Å². The molecule has 2 saturated heterocycles. The van der Waals surface area contributed by atoms with Crippen LogP contribution in [0.3, 0.4) is 0 Å². The highest BCUT2D eigenvalue weighted by molar-refractivity contribution is 7.82. The van der Waals surface area contributed by atoms with Gasteiger partial charge >= 0.3 is 6.09 Å². The lowest BCUT2D eigenvalue weighted by molar-refractivity contribution is -0.0307. The monoisotopic (exact) mass is 551 g/mol. The number of benzene rings is 1. The van der Waals surface area contributed by atoms with Crippen LogP contribution < -0.4 is 5.32 Å². The van der Waals surface area contributed by atoms with Crippen LogP contribution in [0.2, 0.25) is 0 Å². The maximum absolute atomic E-state index is 13.6. The zero-order chi connectivity index (χ0) is 27.6. The highest BCUT2D eigenvalue weighted by atomic mass is 32.2. The van der Waals surface area contributed by atoms with E-state index in [1.165, 1.54) is 0 Å². The number of hydrogen-bond acceptors (Lipinski definition) is 5. The number of imidazole rings is 1. The van der Waals surface area contributed by atoms with Gasteiger partial charge in [-0.25, -0.2) is 18.3 Å². The maximum Gasteiger partial charge on any atom is 0.410 e. The van der Waals surface area contributed by atoms with Crippen molar-refractivity contribution in [2.75, 3.05) is 19.6 Å². The number of aromatic nitrogens is 2. The van der Waals surface area contributed by atoms with E-state index in [1.54, 1.807) is 24.7 Å². The Kier molecular flexibility index (Phi) is 7.77. The number of nitrogens with zero attached hydrogens (tertiary/aromatic N) is 4. The summed E-state index contributed by atoms with van der Waals surface area (Å²) in [4.78, 5) is 32.5. The van der Waals surface area contributed by atoms with Crippen molar-refractivity contribution in [1.82, 2.24) is 23.9 Å². The van der Waals surface area contributed by atoms with Crippen molar-refractivity contribution in [2.24, 2.45) is 0 Å². The normalized spacial score (nSPS) is 21.2. The van der Waals surface area contributed by atoms with Gasteiger partial charge in [0.2, 0.25) is 0 Å². The molecule has 2 unspecified atom stereocenters. The van der Waals surface area contributed by atoms with Gasteiger partial charge in [0.1, 0.15) is 22.2 Å². The molecule has 10 heteroatoms. The Morgan fingerprint density at radius 3 is 2.59 bits per heavy atom. The number of carbonyl (C=O) groups is 2. The van der Waals surface area contributed by atoms with Gasteiger partial charge in [0, 0.05) is 44.8 Å². The molecule has 2 aliphatic rings. The highest BCUT2D eigenvalue weighted by Crippen LogP contribution is 2.38. The predicted octanol–water partition coefficient (Wildman–Crippen LogP) is 4.54. The van der Waals surface area contributed by atoms with E-state index in [4.69, 9.17) is 4.74 Å². The first-order valence-electron chi connectivity index (χ1n) is 13.6. The lowest BCUT2D eigenvalue weighted by atomic mass is 9.81. The first-order valence-corrected chi connectivity index (χ1v) is 14.7. The van der Waals surface area contributed by atoms with E-state index in [2.05, 4.69) is 10.3 Å². The average Bonchev–Trinajstić information content (AvgIpc) is 3.39. The van der Waals surface area contributed by atoms with Crippen molar-refractivity contribution in [1.29, 1.82) is 0 Å². The Bertz CT molecular complexity index is 1360. The number of carbonyl (C=O) groups excluding carboxylic acids is 2. The molecule has 39 heavy (non-hydrogen) atoms. The molecular weight excluding hydrogens is 514 g/mol. The summed E-state index contributed by atoms with van der Waals surface area (Å²) in [5.74, 6) is -0.168. The Hall–Kier alpha value is -3.24. The molecule has 2 amide bonds. The van der Waals surface area contributed by atoms with Crippen LogP contribution >= 0.6 is 0 Å². The molecule has 208 valence electrons. The molecule has 2 atom stereocenters. The SMILES string of the molecule is CC(C)(C)OC(=O)N1CCCCC12CCCN(S(=O)c1ccc(CNC(=O)c3ccc4nccn4c3)cc1)C2. The number of ether oxygens (including phenoxy) is 1. The van der Waals surface area contributed by atoms with E-state index in [0.717, 1.165) is 49.9 Å². The van der Waals surface area contributed by atoms with Crippen molar-refractivity contribution in [3.63, 3.8) is 0 Å². The molecule has 1 aromatic carbocycles. The van der Waals surface area contributed by atoms with Gasteiger partial charge in [0.05, 0.1) is 16.0 Å². The molecule has 2 aromatic heterocycles. The number of likely N-dealkylation sites (tertiary alicyclic amines) is 1. The third kappa shape index (κ3) is 6.17. The minimum Gasteiger partial charge on any atom is -0.444 e. The molecule has 1 spiro atoms. The lowest BCUT2D eigenvalue weighted by Crippen LogP contribution is -2.63. The number of fused-ring (bicyclic) bond motifs is 1. The summed E-state index contributed by atoms with van der Waals surface area (Å²) in [6.07, 6.45) is 9.66. The Morgan fingerprint density at radius 1 is 1.05 bits per heavy atom. The zero-order valence-corrected chi connectivity index (χ0v) is 23.7. The average molecular weight is 552 g/mol. The van der Waals surface area contributed by atoms with Crippen LogP contribution in [-0.4, -0.2) is 65.6 Å². The summed E-state index contributed by atoms with van der Waals surface area (Å²) in [6.45, 7) is 7.99. The molecule has 3 aromatic rings. The summed E-state index contributed by atoms with van der Waals surface area (Å²) >= 11 is 0. The Morgan fingerprint density at radius 2 is 1.82 bits per heavy atom. The van der Waals surface area contributed by atoms with Crippen molar-refractivity contribution in [3.8, 4) is 0 Å². The van der Waals surface area contributed by atoms with E-state index in [1.807, 2.05) is 64.7 Å². The number of pyridine rings is 1. The number of amides is 2. The molecule has 0 aliphatic carbocycles. The predicted molar refractivity (Wildman–Crippen MR) is 150 cm³/mol. The second-order valence-corrected chi connectivity index (χ2v) is 13.0. The van der Waals surface area contributed by atoms with Gasteiger partial charge in [0.15, 0.2) is 0 Å². The molecule has 0 bridgehead atoms. The third-order valence-corrected chi connectivity index (χ3v) is 8.90. The van der Waals surface area contributed by atoms with E-state index in [9.17, 15) is 13.8 Å². The smallest absolute Gasteiger partial charge is 0.410 e. The van der Waals surface area contributed by atoms with Crippen LogP contribution in [0.4, 0.5) is 4.79 Å². The largest absolute Gasteiger partial charge is 0.444 e. The molecule has 1 N–H and O–H groups in total. The molecule has 2 aliphatic heterocycles. The summed E-state index contributed by atoms with van der Waals surface area (Å²) in [5.41, 5.74) is 1.36. The Labute approximate surface area is 232 Å². The van der Waals surface area contributed by atoms with Crippen molar-refractivity contribution < 1.29 is 18.5 Å². The van der Waals surface area contributed by atoms with E-state index in [0.29, 0.717) is 30.1 Å². The second kappa shape index (κ2) is 11.1. The van der Waals surface area contributed by atoms with Crippen molar-refractivity contribution in [3.05, 3.63) is 66.1 Å². The number of nitrogens with one attached hydrogen (secondary N) is 1. The van der Waals surface area contributed by atoms with Crippen molar-refractivity contribution in [2.45, 2.75) is 75.5 Å². The fourth-order valence-corrected chi connectivity index (χ4v) is 6.87. The van der Waals surface area contributed by atoms with Gasteiger partial charge in [-0.15, -0.1) is 0 Å². The fraction of sp³-hybridized carbons (Fsp3) is 0.483. The quantitative estimate of drug-likeness (QED) is 0.502. The van der Waals surface area contributed by atoms with Gasteiger partial charge in [-0.3, -0.25) is 4.79 Å². The first kappa shape index (κ1) is 27.3. The zero-order valence-electron chi connectivity index (χ0n) is 22.9. The molecule has 4 heterocycles. The molecule has 5 rings (SSSR count). The standard InChI is InChI=1S/C29H37N5O4S/c1-28(2,3)38-27(36)34-17-5-4-13-29(34)14-6-16-33(21-29)39(37)24-10-7-22(8-11-24)19-31-26(35)23-9-12-25-30-15-18-32(25)20-23/h7-12,15,18,20H,4-6,13-14,16-17,19,21H2,1-3H3,(H,31,35). The van der Waals surface area contributed by atoms with Gasteiger partial charge in [-0.2, -0.15) is 0 Å². The summed E-state index contributed by atoms with van der Waals surface area (Å²) in [7, 11) is -1.35. The maximum atomic E-state index is 13.6. The van der Waals surface area contributed by atoms with Crippen LogP contribution in [0.1, 0.15) is 68.8 Å². The van der Waals surface area contributed by atoms with Gasteiger partial charge in [-0.1, -0.05) is 12.1 Å². The summed E-state index contributed by atoms with van der Waals surface area (Å²) in [5, 5.41) is 2.95. The van der Waals surface area contributed by atoms with Gasteiger partial charge < -0.3 is 19.4 Å². The number of piperidine rings is 2. The topological polar surface area (TPSA) is 96.2 Å². The summed E-state index contributed by atoms with van der Waals surface area (Å²) < 4.78 is 23.1. The Balaban J connectivity index is 1.21. The molecule has 2 fully saturated rings. The second-order valence-electron chi connectivity index (χ2n) is 11.5. The number of hydrogen-bond donors (Lipinski definition) is 1. The van der Waals surface area contributed by atoms with Crippen molar-refractivity contribution >= 4 is 28.6 Å². The minimum atomic E-state index is -1.35. The highest BCUT2D eigenvalue weighted by Gasteiger charge is 2.46. The third-order valence-electron chi connectivity index (χ3n) is 7.44.